The Kier molecular flexibility index (Phi) is 8.07. The Morgan fingerprint density at radius 1 is 1.33 bits per heavy atom. The van der Waals surface area contributed by atoms with E-state index in [1.165, 1.54) is 0 Å². The lowest BCUT2D eigenvalue weighted by atomic mass is 10.2. The van der Waals surface area contributed by atoms with Gasteiger partial charge in [-0.15, -0.1) is 0 Å². The van der Waals surface area contributed by atoms with E-state index >= 15 is 0 Å². The normalized spacial score (nSPS) is 11.3. The molecule has 0 bridgehead atoms. The van der Waals surface area contributed by atoms with Crippen molar-refractivity contribution in [3.63, 3.8) is 0 Å². The number of hydrogen-bond acceptors (Lipinski definition) is 4. The fourth-order valence-corrected chi connectivity index (χ4v) is 2.68. The summed E-state index contributed by atoms with van der Waals surface area (Å²) in [6, 6.07) is 7.61. The third kappa shape index (κ3) is 6.25. The van der Waals surface area contributed by atoms with Gasteiger partial charge in [0.05, 0.1) is 12.1 Å². The smallest absolute Gasteiger partial charge is 0.223 e. The van der Waals surface area contributed by atoms with Crippen molar-refractivity contribution in [2.75, 3.05) is 32.0 Å². The van der Waals surface area contributed by atoms with Crippen LogP contribution in [0.1, 0.15) is 19.8 Å². The van der Waals surface area contributed by atoms with Gasteiger partial charge in [0.25, 0.3) is 0 Å². The van der Waals surface area contributed by atoms with E-state index in [0.29, 0.717) is 24.1 Å². The van der Waals surface area contributed by atoms with Crippen LogP contribution in [0.15, 0.2) is 52.8 Å². The first-order valence-corrected chi connectivity index (χ1v) is 9.39. The molecule has 0 spiro atoms. The topological polar surface area (TPSA) is 64.9 Å². The first-order valence-electron chi connectivity index (χ1n) is 9.01. The molecule has 144 valence electrons. The van der Waals surface area contributed by atoms with Gasteiger partial charge >= 0.3 is 0 Å². The predicted molar refractivity (Wildman–Crippen MR) is 117 cm³/mol. The number of unbranched alkanes of at least 4 members (excludes halogenated alkanes) is 1. The molecule has 0 atom stereocenters. The molecule has 0 aliphatic carbocycles. The zero-order chi connectivity index (χ0) is 19.6. The largest absolute Gasteiger partial charge is 0.383 e. The van der Waals surface area contributed by atoms with Crippen LogP contribution < -0.4 is 10.6 Å². The molecule has 27 heavy (non-hydrogen) atoms. The number of hydrogen-bond donors (Lipinski definition) is 2. The molecular weight excluding hydrogens is 360 g/mol. The number of fused-ring (bicyclic) bond motifs is 1. The second-order valence-electron chi connectivity index (χ2n) is 6.16. The lowest BCUT2D eigenvalue weighted by molar-refractivity contribution is 0.392. The molecule has 6 nitrogen and oxygen atoms in total. The number of rotatable bonds is 9. The standard InChI is InChI=1S/C20H27ClN6/c1-5-6-13-27(4)15(2)26-20(22-3)25-12-11-24-18-9-10-23-19-14-16(21)7-8-17(18)19/h7-10,14H,2-3,5-6,11-13H2,1,4H3,(H,23,24)(H,25,26). The Balaban J connectivity index is 1.90. The number of benzene rings is 1. The maximum Gasteiger partial charge on any atom is 0.223 e. The second kappa shape index (κ2) is 10.5. The van der Waals surface area contributed by atoms with Crippen molar-refractivity contribution in [2.45, 2.75) is 19.8 Å². The quantitative estimate of drug-likeness (QED) is 0.386. The van der Waals surface area contributed by atoms with Crippen LogP contribution in [-0.4, -0.2) is 49.2 Å². The SMILES string of the molecule is C=NC(=NCCNc1ccnc2cc(Cl)ccc12)NC(=C)N(C)CCCC. The van der Waals surface area contributed by atoms with Gasteiger partial charge in [-0.05, 0) is 37.4 Å². The molecular formula is C20H27ClN6. The Morgan fingerprint density at radius 3 is 2.89 bits per heavy atom. The van der Waals surface area contributed by atoms with Gasteiger partial charge in [-0.2, -0.15) is 0 Å². The number of aliphatic imine (C=N–C) groups is 2. The molecule has 2 rings (SSSR count). The summed E-state index contributed by atoms with van der Waals surface area (Å²) in [5, 5.41) is 8.19. The number of guanidine groups is 1. The molecule has 0 saturated heterocycles. The maximum atomic E-state index is 6.03. The van der Waals surface area contributed by atoms with Gasteiger partial charge in [-0.25, -0.2) is 9.98 Å². The van der Waals surface area contributed by atoms with Gasteiger partial charge in [0, 0.05) is 42.4 Å². The summed E-state index contributed by atoms with van der Waals surface area (Å²) < 4.78 is 0. The van der Waals surface area contributed by atoms with Crippen molar-refractivity contribution >= 4 is 40.9 Å². The molecule has 0 unspecified atom stereocenters. The summed E-state index contributed by atoms with van der Waals surface area (Å²) in [5.41, 5.74) is 1.86. The van der Waals surface area contributed by atoms with Gasteiger partial charge in [-0.1, -0.05) is 31.5 Å². The monoisotopic (exact) mass is 386 g/mol. The van der Waals surface area contributed by atoms with Crippen LogP contribution in [0.2, 0.25) is 5.02 Å². The van der Waals surface area contributed by atoms with Crippen molar-refractivity contribution in [3.8, 4) is 0 Å². The molecule has 0 fully saturated rings. The zero-order valence-corrected chi connectivity index (χ0v) is 16.8. The summed E-state index contributed by atoms with van der Waals surface area (Å²) in [6.45, 7) is 11.9. The highest BCUT2D eigenvalue weighted by Crippen LogP contribution is 2.24. The van der Waals surface area contributed by atoms with Crippen molar-refractivity contribution in [3.05, 3.63) is 47.9 Å². The molecule has 1 aromatic heterocycles. The average Bonchev–Trinajstić information content (AvgIpc) is 2.67. The van der Waals surface area contributed by atoms with Crippen LogP contribution in [-0.2, 0) is 0 Å². The van der Waals surface area contributed by atoms with Crippen LogP contribution in [0.25, 0.3) is 10.9 Å². The predicted octanol–water partition coefficient (Wildman–Crippen LogP) is 4.15. The highest BCUT2D eigenvalue weighted by atomic mass is 35.5. The van der Waals surface area contributed by atoms with Crippen molar-refractivity contribution < 1.29 is 0 Å². The number of aromatic nitrogens is 1. The van der Waals surface area contributed by atoms with Crippen LogP contribution >= 0.6 is 11.6 Å². The minimum atomic E-state index is 0.469. The van der Waals surface area contributed by atoms with E-state index in [-0.39, 0.29) is 0 Å². The molecule has 0 amide bonds. The fraction of sp³-hybridized carbons (Fsp3) is 0.350. The van der Waals surface area contributed by atoms with E-state index in [0.717, 1.165) is 41.8 Å². The van der Waals surface area contributed by atoms with Gasteiger partial charge in [0.1, 0.15) is 5.82 Å². The second-order valence-corrected chi connectivity index (χ2v) is 6.59. The third-order valence-corrected chi connectivity index (χ3v) is 4.34. The van der Waals surface area contributed by atoms with Gasteiger partial charge in [0.2, 0.25) is 5.96 Å². The van der Waals surface area contributed by atoms with Gasteiger partial charge in [-0.3, -0.25) is 4.98 Å². The minimum Gasteiger partial charge on any atom is -0.383 e. The van der Waals surface area contributed by atoms with E-state index in [2.05, 4.69) is 50.7 Å². The third-order valence-electron chi connectivity index (χ3n) is 4.11. The number of anilines is 1. The Hall–Kier alpha value is -2.60. The molecule has 2 N–H and O–H groups in total. The Morgan fingerprint density at radius 2 is 2.15 bits per heavy atom. The Bertz CT molecular complexity index is 817. The molecule has 1 heterocycles. The maximum absolute atomic E-state index is 6.03. The Labute approximate surface area is 166 Å². The first-order chi connectivity index (χ1) is 13.0. The summed E-state index contributed by atoms with van der Waals surface area (Å²) in [5.74, 6) is 1.23. The van der Waals surface area contributed by atoms with E-state index < -0.39 is 0 Å². The van der Waals surface area contributed by atoms with Crippen LogP contribution in [0.3, 0.4) is 0 Å². The zero-order valence-electron chi connectivity index (χ0n) is 16.0. The minimum absolute atomic E-state index is 0.469. The summed E-state index contributed by atoms with van der Waals surface area (Å²) in [6.07, 6.45) is 4.01. The van der Waals surface area contributed by atoms with Gasteiger partial charge < -0.3 is 15.5 Å². The van der Waals surface area contributed by atoms with E-state index in [1.807, 2.05) is 31.3 Å². The van der Waals surface area contributed by atoms with Gasteiger partial charge in [0.15, 0.2) is 0 Å². The average molecular weight is 387 g/mol. The molecule has 1 aromatic carbocycles. The first kappa shape index (κ1) is 20.7. The molecule has 0 radical (unpaired) electrons. The van der Waals surface area contributed by atoms with Crippen molar-refractivity contribution in [1.82, 2.24) is 15.2 Å². The van der Waals surface area contributed by atoms with Crippen molar-refractivity contribution in [1.29, 1.82) is 0 Å². The highest BCUT2D eigenvalue weighted by molar-refractivity contribution is 6.31. The lowest BCUT2D eigenvalue weighted by Crippen LogP contribution is -2.32. The molecule has 0 aliphatic heterocycles. The van der Waals surface area contributed by atoms with Crippen LogP contribution in [0.5, 0.6) is 0 Å². The number of halogens is 1. The van der Waals surface area contributed by atoms with Crippen molar-refractivity contribution in [2.24, 2.45) is 9.98 Å². The van der Waals surface area contributed by atoms with E-state index in [4.69, 9.17) is 11.6 Å². The van der Waals surface area contributed by atoms with Crippen LogP contribution in [0.4, 0.5) is 5.69 Å². The molecule has 2 aromatic rings. The molecule has 0 aliphatic rings. The highest BCUT2D eigenvalue weighted by Gasteiger charge is 2.04. The molecule has 7 heteroatoms. The van der Waals surface area contributed by atoms with E-state index in [9.17, 15) is 0 Å². The molecule has 0 saturated carbocycles. The number of nitrogens with one attached hydrogen (secondary N) is 2. The summed E-state index contributed by atoms with van der Waals surface area (Å²) >= 11 is 6.03. The summed E-state index contributed by atoms with van der Waals surface area (Å²) in [4.78, 5) is 14.8. The number of nitrogens with zero attached hydrogens (tertiary/aromatic N) is 4. The fourth-order valence-electron chi connectivity index (χ4n) is 2.51. The van der Waals surface area contributed by atoms with Crippen LogP contribution in [0, 0.1) is 0 Å². The van der Waals surface area contributed by atoms with E-state index in [1.54, 1.807) is 6.20 Å². The lowest BCUT2D eigenvalue weighted by Gasteiger charge is -2.22. The summed E-state index contributed by atoms with van der Waals surface area (Å²) in [7, 11) is 1.99. The number of pyridine rings is 1.